The third-order valence-corrected chi connectivity index (χ3v) is 6.01. The maximum atomic E-state index is 14.4. The highest BCUT2D eigenvalue weighted by molar-refractivity contribution is 5.82. The first-order chi connectivity index (χ1) is 15.4. The summed E-state index contributed by atoms with van der Waals surface area (Å²) in [6.45, 7) is 1.22. The number of H-pyrrole nitrogens is 1. The van der Waals surface area contributed by atoms with Crippen LogP contribution in [0.4, 0.5) is 24.7 Å². The third kappa shape index (κ3) is 3.38. The molecule has 1 aliphatic heterocycles. The molecule has 1 saturated carbocycles. The van der Waals surface area contributed by atoms with Gasteiger partial charge in [-0.3, -0.25) is 10.00 Å². The lowest BCUT2D eigenvalue weighted by Crippen LogP contribution is -2.42. The highest BCUT2D eigenvalue weighted by atomic mass is 19.3. The van der Waals surface area contributed by atoms with Gasteiger partial charge in [0.25, 0.3) is 5.92 Å². The van der Waals surface area contributed by atoms with E-state index in [1.165, 1.54) is 0 Å². The molecule has 1 radical (unpaired) electrons. The van der Waals surface area contributed by atoms with Gasteiger partial charge in [-0.15, -0.1) is 0 Å². The fourth-order valence-corrected chi connectivity index (χ4v) is 4.28. The van der Waals surface area contributed by atoms with Crippen molar-refractivity contribution in [2.24, 2.45) is 0 Å². The Bertz CT molecular complexity index is 1330. The van der Waals surface area contributed by atoms with Gasteiger partial charge in [-0.25, -0.2) is 23.1 Å². The van der Waals surface area contributed by atoms with Crippen LogP contribution in [-0.2, 0) is 13.1 Å². The Labute approximate surface area is 181 Å². The zero-order chi connectivity index (χ0) is 21.9. The maximum Gasteiger partial charge on any atom is 0.251 e. The SMILES string of the molecule is Fc1cnc(-c2ccc3c(c2)CN([C]2CC(F)(F)C2)C3)nc1Nc1ccc2[nH]ncc2c1. The second kappa shape index (κ2) is 7.03. The van der Waals surface area contributed by atoms with E-state index >= 15 is 0 Å². The van der Waals surface area contributed by atoms with E-state index in [4.69, 9.17) is 0 Å². The number of rotatable bonds is 4. The molecular formula is C23H18F3N6. The number of fused-ring (bicyclic) bond motifs is 2. The van der Waals surface area contributed by atoms with Crippen molar-refractivity contribution in [3.8, 4) is 11.4 Å². The van der Waals surface area contributed by atoms with Gasteiger partial charge < -0.3 is 5.32 Å². The molecule has 0 amide bonds. The zero-order valence-electron chi connectivity index (χ0n) is 16.9. The van der Waals surface area contributed by atoms with Gasteiger partial charge in [0, 0.05) is 42.6 Å². The predicted molar refractivity (Wildman–Crippen MR) is 113 cm³/mol. The van der Waals surface area contributed by atoms with Crippen molar-refractivity contribution in [1.82, 2.24) is 25.1 Å². The monoisotopic (exact) mass is 435 g/mol. The Morgan fingerprint density at radius 1 is 1.00 bits per heavy atom. The number of nitrogens with one attached hydrogen (secondary N) is 2. The molecule has 0 bridgehead atoms. The van der Waals surface area contributed by atoms with E-state index in [1.807, 2.05) is 41.3 Å². The summed E-state index contributed by atoms with van der Waals surface area (Å²) in [7, 11) is 0. The van der Waals surface area contributed by atoms with Crippen LogP contribution in [0.5, 0.6) is 0 Å². The molecule has 4 aromatic rings. The van der Waals surface area contributed by atoms with Gasteiger partial charge in [0.1, 0.15) is 0 Å². The van der Waals surface area contributed by atoms with Crippen molar-refractivity contribution in [2.45, 2.75) is 31.9 Å². The molecule has 0 atom stereocenters. The molecule has 0 spiro atoms. The molecular weight excluding hydrogens is 417 g/mol. The van der Waals surface area contributed by atoms with Crippen LogP contribution in [0.25, 0.3) is 22.3 Å². The van der Waals surface area contributed by atoms with Crippen molar-refractivity contribution >= 4 is 22.4 Å². The normalized spacial score (nSPS) is 18.0. The van der Waals surface area contributed by atoms with E-state index in [9.17, 15) is 13.2 Å². The lowest BCUT2D eigenvalue weighted by Gasteiger charge is -2.39. The van der Waals surface area contributed by atoms with Gasteiger partial charge in [0.15, 0.2) is 17.5 Å². The van der Waals surface area contributed by atoms with Crippen LogP contribution in [0.1, 0.15) is 24.0 Å². The van der Waals surface area contributed by atoms with Crippen LogP contribution in [0.3, 0.4) is 0 Å². The highest BCUT2D eigenvalue weighted by Gasteiger charge is 2.49. The maximum absolute atomic E-state index is 14.4. The third-order valence-electron chi connectivity index (χ3n) is 6.01. The molecule has 2 aromatic heterocycles. The van der Waals surface area contributed by atoms with Gasteiger partial charge in [-0.2, -0.15) is 5.10 Å². The van der Waals surface area contributed by atoms with E-state index in [0.717, 1.165) is 39.8 Å². The second-order valence-corrected chi connectivity index (χ2v) is 8.30. The van der Waals surface area contributed by atoms with E-state index in [-0.39, 0.29) is 18.7 Å². The van der Waals surface area contributed by atoms with E-state index in [1.54, 1.807) is 6.20 Å². The van der Waals surface area contributed by atoms with Crippen LogP contribution in [-0.4, -0.2) is 31.0 Å². The fraction of sp³-hybridized carbons (Fsp3) is 0.217. The minimum absolute atomic E-state index is 0.0761. The van der Waals surface area contributed by atoms with Gasteiger partial charge in [-0.05, 0) is 35.4 Å². The molecule has 3 heterocycles. The minimum atomic E-state index is -2.57. The van der Waals surface area contributed by atoms with Gasteiger partial charge in [0.2, 0.25) is 0 Å². The average molecular weight is 435 g/mol. The summed E-state index contributed by atoms with van der Waals surface area (Å²) >= 11 is 0. The Hall–Kier alpha value is -3.46. The highest BCUT2D eigenvalue weighted by Crippen LogP contribution is 2.48. The van der Waals surface area contributed by atoms with Gasteiger partial charge in [0.05, 0.1) is 24.0 Å². The summed E-state index contributed by atoms with van der Waals surface area (Å²) in [5.41, 5.74) is 4.48. The summed E-state index contributed by atoms with van der Waals surface area (Å²) < 4.78 is 40.9. The first kappa shape index (κ1) is 19.2. The number of nitrogens with zero attached hydrogens (tertiary/aromatic N) is 4. The van der Waals surface area contributed by atoms with Crippen molar-refractivity contribution in [3.05, 3.63) is 71.8 Å². The standard InChI is InChI=1S/C23H18F3N6/c24-19-10-27-21(30-22(19)29-17-3-4-20-15(6-17)9-28-31-20)13-1-2-14-11-32(12-16(14)5-13)18-7-23(25,26)8-18/h1-6,9-10H,7-8,11-12H2,(H,28,31)(H,27,29,30). The largest absolute Gasteiger partial charge is 0.338 e. The topological polar surface area (TPSA) is 69.7 Å². The van der Waals surface area contributed by atoms with Crippen molar-refractivity contribution in [1.29, 1.82) is 0 Å². The minimum Gasteiger partial charge on any atom is -0.338 e. The Balaban J connectivity index is 1.24. The van der Waals surface area contributed by atoms with E-state index < -0.39 is 11.7 Å². The van der Waals surface area contributed by atoms with Gasteiger partial charge >= 0.3 is 0 Å². The number of anilines is 2. The number of aromatic amines is 1. The van der Waals surface area contributed by atoms with Crippen LogP contribution in [0.2, 0.25) is 0 Å². The molecule has 2 aliphatic rings. The van der Waals surface area contributed by atoms with Crippen LogP contribution in [0.15, 0.2) is 48.8 Å². The summed E-state index contributed by atoms with van der Waals surface area (Å²) in [4.78, 5) is 10.6. The van der Waals surface area contributed by atoms with Crippen LogP contribution in [0, 0.1) is 11.9 Å². The van der Waals surface area contributed by atoms with Crippen molar-refractivity contribution in [2.75, 3.05) is 5.32 Å². The lowest BCUT2D eigenvalue weighted by atomic mass is 9.87. The molecule has 1 aliphatic carbocycles. The Morgan fingerprint density at radius 2 is 1.84 bits per heavy atom. The summed E-state index contributed by atoms with van der Waals surface area (Å²) in [6, 6.07) is 12.1. The molecule has 2 N–H and O–H groups in total. The molecule has 1 fully saturated rings. The quantitative estimate of drug-likeness (QED) is 0.462. The summed E-state index contributed by atoms with van der Waals surface area (Å²) in [6.07, 6.45) is 2.52. The molecule has 32 heavy (non-hydrogen) atoms. The second-order valence-electron chi connectivity index (χ2n) is 8.30. The number of benzene rings is 2. The molecule has 6 nitrogen and oxygen atoms in total. The Morgan fingerprint density at radius 3 is 2.69 bits per heavy atom. The zero-order valence-corrected chi connectivity index (χ0v) is 16.9. The fourth-order valence-electron chi connectivity index (χ4n) is 4.28. The first-order valence-electron chi connectivity index (χ1n) is 10.3. The van der Waals surface area contributed by atoms with E-state index in [0.29, 0.717) is 24.6 Å². The molecule has 6 rings (SSSR count). The van der Waals surface area contributed by atoms with Gasteiger partial charge in [-0.1, -0.05) is 12.1 Å². The number of aromatic nitrogens is 4. The molecule has 0 unspecified atom stereocenters. The molecule has 0 saturated heterocycles. The first-order valence-corrected chi connectivity index (χ1v) is 10.3. The molecule has 161 valence electrons. The smallest absolute Gasteiger partial charge is 0.251 e. The van der Waals surface area contributed by atoms with Crippen molar-refractivity contribution in [3.63, 3.8) is 0 Å². The molecule has 2 aromatic carbocycles. The Kier molecular flexibility index (Phi) is 4.23. The number of hydrogen-bond acceptors (Lipinski definition) is 5. The lowest BCUT2D eigenvalue weighted by molar-refractivity contribution is -0.0839. The molecule has 9 heteroatoms. The number of alkyl halides is 2. The predicted octanol–water partition coefficient (Wildman–Crippen LogP) is 5.18. The average Bonchev–Trinajstić information content (AvgIpc) is 3.39. The van der Waals surface area contributed by atoms with Crippen LogP contribution < -0.4 is 5.32 Å². The van der Waals surface area contributed by atoms with Crippen LogP contribution >= 0.6 is 0 Å². The number of halogens is 3. The van der Waals surface area contributed by atoms with E-state index in [2.05, 4.69) is 25.5 Å². The van der Waals surface area contributed by atoms with Crippen molar-refractivity contribution < 1.29 is 13.2 Å². The summed E-state index contributed by atoms with van der Waals surface area (Å²) in [5.74, 6) is -2.66. The summed E-state index contributed by atoms with van der Waals surface area (Å²) in [5, 5.41) is 10.8. The number of hydrogen-bond donors (Lipinski definition) is 2.